The van der Waals surface area contributed by atoms with Crippen molar-refractivity contribution >= 4 is 11.9 Å². The summed E-state index contributed by atoms with van der Waals surface area (Å²) in [6, 6.07) is 0. The average molecular weight is 211 g/mol. The van der Waals surface area contributed by atoms with Gasteiger partial charge >= 0.3 is 0 Å². The van der Waals surface area contributed by atoms with E-state index in [9.17, 15) is 4.79 Å². The van der Waals surface area contributed by atoms with E-state index in [2.05, 4.69) is 24.1 Å². The van der Waals surface area contributed by atoms with Gasteiger partial charge in [0.15, 0.2) is 0 Å². The standard InChI is InChI=1S/C10H17N3O2/c1-8(2)6-13-5-4-11-10(13)12-9(14)7-15-3/h4-5,8H,6-7H2,1-3H3,(H,11,12,14). The first-order valence-corrected chi connectivity index (χ1v) is 4.93. The number of nitrogens with one attached hydrogen (secondary N) is 1. The maximum absolute atomic E-state index is 11.3. The summed E-state index contributed by atoms with van der Waals surface area (Å²) < 4.78 is 6.64. The third-order valence-corrected chi connectivity index (χ3v) is 1.80. The third kappa shape index (κ3) is 3.71. The van der Waals surface area contributed by atoms with Crippen LogP contribution in [0.5, 0.6) is 0 Å². The Morgan fingerprint density at radius 1 is 1.67 bits per heavy atom. The fourth-order valence-corrected chi connectivity index (χ4v) is 1.27. The van der Waals surface area contributed by atoms with Gasteiger partial charge in [0.2, 0.25) is 5.95 Å². The van der Waals surface area contributed by atoms with Crippen molar-refractivity contribution in [1.82, 2.24) is 9.55 Å². The van der Waals surface area contributed by atoms with Crippen LogP contribution in [0.15, 0.2) is 12.4 Å². The Bertz CT molecular complexity index is 320. The number of methoxy groups -OCH3 is 1. The van der Waals surface area contributed by atoms with E-state index in [4.69, 9.17) is 4.74 Å². The highest BCUT2D eigenvalue weighted by Gasteiger charge is 2.07. The summed E-state index contributed by atoms with van der Waals surface area (Å²) in [5, 5.41) is 2.68. The molecule has 5 nitrogen and oxygen atoms in total. The van der Waals surface area contributed by atoms with Crippen molar-refractivity contribution < 1.29 is 9.53 Å². The second-order valence-electron chi connectivity index (χ2n) is 3.78. The van der Waals surface area contributed by atoms with E-state index < -0.39 is 0 Å². The monoisotopic (exact) mass is 211 g/mol. The van der Waals surface area contributed by atoms with Gasteiger partial charge in [-0.15, -0.1) is 0 Å². The van der Waals surface area contributed by atoms with E-state index in [1.807, 2.05) is 10.8 Å². The lowest BCUT2D eigenvalue weighted by Crippen LogP contribution is -2.20. The molecule has 0 atom stereocenters. The third-order valence-electron chi connectivity index (χ3n) is 1.80. The van der Waals surface area contributed by atoms with E-state index in [1.165, 1.54) is 7.11 Å². The summed E-state index contributed by atoms with van der Waals surface area (Å²) >= 11 is 0. The number of carbonyl (C=O) groups is 1. The molecule has 0 fully saturated rings. The van der Waals surface area contributed by atoms with E-state index in [0.29, 0.717) is 11.9 Å². The lowest BCUT2D eigenvalue weighted by atomic mass is 10.2. The molecule has 0 bridgehead atoms. The number of imidazole rings is 1. The number of ether oxygens (including phenoxy) is 1. The Hall–Kier alpha value is -1.36. The summed E-state index contributed by atoms with van der Waals surface area (Å²) in [5.41, 5.74) is 0. The molecule has 5 heteroatoms. The molecule has 15 heavy (non-hydrogen) atoms. The van der Waals surface area contributed by atoms with Crippen LogP contribution >= 0.6 is 0 Å². The van der Waals surface area contributed by atoms with Crippen LogP contribution < -0.4 is 5.32 Å². The fraction of sp³-hybridized carbons (Fsp3) is 0.600. The van der Waals surface area contributed by atoms with E-state index in [1.54, 1.807) is 6.20 Å². The molecule has 0 aliphatic rings. The van der Waals surface area contributed by atoms with Crippen LogP contribution in [-0.4, -0.2) is 29.2 Å². The fourth-order valence-electron chi connectivity index (χ4n) is 1.27. The van der Waals surface area contributed by atoms with Crippen molar-refractivity contribution in [1.29, 1.82) is 0 Å². The van der Waals surface area contributed by atoms with Crippen molar-refractivity contribution in [3.8, 4) is 0 Å². The van der Waals surface area contributed by atoms with Gasteiger partial charge in [-0.05, 0) is 5.92 Å². The minimum absolute atomic E-state index is 0.0501. The average Bonchev–Trinajstić information content (AvgIpc) is 2.52. The Balaban J connectivity index is 2.60. The number of anilines is 1. The minimum Gasteiger partial charge on any atom is -0.375 e. The van der Waals surface area contributed by atoms with Gasteiger partial charge in [0.25, 0.3) is 5.91 Å². The molecule has 1 N–H and O–H groups in total. The van der Waals surface area contributed by atoms with Crippen molar-refractivity contribution in [2.75, 3.05) is 19.0 Å². The van der Waals surface area contributed by atoms with Gasteiger partial charge in [-0.1, -0.05) is 13.8 Å². The van der Waals surface area contributed by atoms with Crippen molar-refractivity contribution in [2.24, 2.45) is 5.92 Å². The molecule has 84 valence electrons. The Morgan fingerprint density at radius 3 is 3.00 bits per heavy atom. The topological polar surface area (TPSA) is 56.1 Å². The molecular weight excluding hydrogens is 194 g/mol. The Kier molecular flexibility index (Phi) is 4.30. The highest BCUT2D eigenvalue weighted by atomic mass is 16.5. The molecule has 0 aliphatic heterocycles. The summed E-state index contributed by atoms with van der Waals surface area (Å²) in [4.78, 5) is 15.3. The van der Waals surface area contributed by atoms with E-state index in [-0.39, 0.29) is 12.5 Å². The SMILES string of the molecule is COCC(=O)Nc1nccn1CC(C)C. The number of aromatic nitrogens is 2. The highest BCUT2D eigenvalue weighted by molar-refractivity contribution is 5.90. The molecule has 0 spiro atoms. The molecule has 0 radical (unpaired) electrons. The van der Waals surface area contributed by atoms with Crippen LogP contribution in [0.25, 0.3) is 0 Å². The molecule has 1 aromatic rings. The zero-order valence-electron chi connectivity index (χ0n) is 9.36. The zero-order valence-corrected chi connectivity index (χ0v) is 9.36. The van der Waals surface area contributed by atoms with Crippen molar-refractivity contribution in [3.63, 3.8) is 0 Å². The highest BCUT2D eigenvalue weighted by Crippen LogP contribution is 2.07. The van der Waals surface area contributed by atoms with Crippen LogP contribution in [0, 0.1) is 5.92 Å². The van der Waals surface area contributed by atoms with Crippen LogP contribution in [0.2, 0.25) is 0 Å². The number of amides is 1. The Morgan fingerprint density at radius 2 is 2.40 bits per heavy atom. The van der Waals surface area contributed by atoms with Gasteiger partial charge in [0, 0.05) is 26.0 Å². The second-order valence-corrected chi connectivity index (χ2v) is 3.78. The maximum Gasteiger partial charge on any atom is 0.252 e. The largest absolute Gasteiger partial charge is 0.375 e. The maximum atomic E-state index is 11.3. The number of rotatable bonds is 5. The normalized spacial score (nSPS) is 10.7. The number of hydrogen-bond donors (Lipinski definition) is 1. The first-order chi connectivity index (χ1) is 7.13. The molecule has 1 heterocycles. The van der Waals surface area contributed by atoms with Crippen molar-refractivity contribution in [3.05, 3.63) is 12.4 Å². The zero-order chi connectivity index (χ0) is 11.3. The van der Waals surface area contributed by atoms with E-state index >= 15 is 0 Å². The molecule has 0 saturated carbocycles. The van der Waals surface area contributed by atoms with Crippen LogP contribution in [0.1, 0.15) is 13.8 Å². The predicted molar refractivity (Wildman–Crippen MR) is 57.6 cm³/mol. The molecular formula is C10H17N3O2. The molecule has 1 amide bonds. The van der Waals surface area contributed by atoms with Gasteiger partial charge in [-0.2, -0.15) is 0 Å². The van der Waals surface area contributed by atoms with Gasteiger partial charge in [-0.3, -0.25) is 10.1 Å². The summed E-state index contributed by atoms with van der Waals surface area (Å²) in [5.74, 6) is 0.900. The molecule has 0 saturated heterocycles. The van der Waals surface area contributed by atoms with Gasteiger partial charge in [0.1, 0.15) is 6.61 Å². The first kappa shape index (κ1) is 11.7. The summed E-state index contributed by atoms with van der Waals surface area (Å²) in [6.07, 6.45) is 3.52. The molecule has 1 rings (SSSR count). The minimum atomic E-state index is -0.186. The number of nitrogens with zero attached hydrogens (tertiary/aromatic N) is 2. The van der Waals surface area contributed by atoms with Gasteiger partial charge in [0.05, 0.1) is 0 Å². The number of hydrogen-bond acceptors (Lipinski definition) is 3. The van der Waals surface area contributed by atoms with Crippen LogP contribution in [0.3, 0.4) is 0 Å². The predicted octanol–water partition coefficient (Wildman–Crippen LogP) is 1.12. The first-order valence-electron chi connectivity index (χ1n) is 4.93. The van der Waals surface area contributed by atoms with Crippen molar-refractivity contribution in [2.45, 2.75) is 20.4 Å². The molecule has 0 unspecified atom stereocenters. The number of carbonyl (C=O) groups excluding carboxylic acids is 1. The van der Waals surface area contributed by atoms with E-state index in [0.717, 1.165) is 6.54 Å². The van der Waals surface area contributed by atoms with Gasteiger partial charge < -0.3 is 9.30 Å². The van der Waals surface area contributed by atoms with Gasteiger partial charge in [-0.25, -0.2) is 4.98 Å². The molecule has 0 aliphatic carbocycles. The second kappa shape index (κ2) is 5.50. The quantitative estimate of drug-likeness (QED) is 0.794. The lowest BCUT2D eigenvalue weighted by Gasteiger charge is -2.10. The lowest BCUT2D eigenvalue weighted by molar-refractivity contribution is -0.119. The molecule has 1 aromatic heterocycles. The van der Waals surface area contributed by atoms with Crippen LogP contribution in [-0.2, 0) is 16.1 Å². The molecule has 0 aromatic carbocycles. The van der Waals surface area contributed by atoms with Crippen LogP contribution in [0.4, 0.5) is 5.95 Å². The summed E-state index contributed by atoms with van der Waals surface area (Å²) in [7, 11) is 1.49. The Labute approximate surface area is 89.4 Å². The smallest absolute Gasteiger partial charge is 0.252 e. The summed E-state index contributed by atoms with van der Waals surface area (Å²) in [6.45, 7) is 5.11.